The van der Waals surface area contributed by atoms with Crippen LogP contribution in [-0.2, 0) is 4.79 Å². The summed E-state index contributed by atoms with van der Waals surface area (Å²) < 4.78 is 0. The maximum atomic E-state index is 11.7. The second-order valence-electron chi connectivity index (χ2n) is 4.83. The second kappa shape index (κ2) is 6.50. The van der Waals surface area contributed by atoms with E-state index in [-0.39, 0.29) is 5.91 Å². The van der Waals surface area contributed by atoms with E-state index in [1.165, 1.54) is 38.5 Å². The van der Waals surface area contributed by atoms with E-state index < -0.39 is 0 Å². The van der Waals surface area contributed by atoms with Gasteiger partial charge >= 0.3 is 0 Å². The lowest BCUT2D eigenvalue weighted by Crippen LogP contribution is -2.37. The summed E-state index contributed by atoms with van der Waals surface area (Å²) in [6.45, 7) is 2.18. The molecule has 16 heavy (non-hydrogen) atoms. The summed E-state index contributed by atoms with van der Waals surface area (Å²) in [6, 6.07) is 0.462. The van der Waals surface area contributed by atoms with Crippen LogP contribution >= 0.6 is 11.8 Å². The van der Waals surface area contributed by atoms with Gasteiger partial charge in [0.05, 0.1) is 5.75 Å². The summed E-state index contributed by atoms with van der Waals surface area (Å²) in [5.74, 6) is 0.881. The molecule has 2 N–H and O–H groups in total. The van der Waals surface area contributed by atoms with Gasteiger partial charge in [0.1, 0.15) is 0 Å². The molecule has 3 nitrogen and oxygen atoms in total. The number of amides is 1. The lowest BCUT2D eigenvalue weighted by molar-refractivity contribution is -0.119. The van der Waals surface area contributed by atoms with Crippen LogP contribution in [0.4, 0.5) is 0 Å². The second-order valence-corrected chi connectivity index (χ2v) is 6.12. The van der Waals surface area contributed by atoms with Crippen molar-refractivity contribution in [3.8, 4) is 0 Å². The van der Waals surface area contributed by atoms with Gasteiger partial charge in [0, 0.05) is 17.8 Å². The van der Waals surface area contributed by atoms with Crippen molar-refractivity contribution in [3.05, 3.63) is 0 Å². The molecule has 1 aliphatic heterocycles. The number of carbonyl (C=O) groups excluding carboxylic acids is 1. The highest BCUT2D eigenvalue weighted by atomic mass is 32.2. The minimum absolute atomic E-state index is 0.240. The first kappa shape index (κ1) is 12.2. The minimum Gasteiger partial charge on any atom is -0.353 e. The molecule has 0 radical (unpaired) electrons. The molecule has 1 saturated heterocycles. The smallest absolute Gasteiger partial charge is 0.230 e. The predicted octanol–water partition coefficient (Wildman–Crippen LogP) is 1.53. The van der Waals surface area contributed by atoms with Gasteiger partial charge in [-0.3, -0.25) is 4.79 Å². The molecule has 1 aliphatic carbocycles. The molecular formula is C12H22N2OS. The van der Waals surface area contributed by atoms with Crippen molar-refractivity contribution in [3.63, 3.8) is 0 Å². The fourth-order valence-electron chi connectivity index (χ4n) is 2.48. The topological polar surface area (TPSA) is 41.1 Å². The van der Waals surface area contributed by atoms with Crippen LogP contribution in [0.3, 0.4) is 0 Å². The number of thioether (sulfide) groups is 1. The quantitative estimate of drug-likeness (QED) is 0.785. The monoisotopic (exact) mass is 242 g/mol. The van der Waals surface area contributed by atoms with Crippen LogP contribution in [0.5, 0.6) is 0 Å². The molecule has 4 heteroatoms. The van der Waals surface area contributed by atoms with E-state index >= 15 is 0 Å². The van der Waals surface area contributed by atoms with Crippen molar-refractivity contribution < 1.29 is 4.79 Å². The first-order valence-electron chi connectivity index (χ1n) is 6.46. The zero-order chi connectivity index (χ0) is 11.2. The van der Waals surface area contributed by atoms with Crippen LogP contribution in [0.2, 0.25) is 0 Å². The molecule has 1 heterocycles. The summed E-state index contributed by atoms with van der Waals surface area (Å²) in [5.41, 5.74) is 0. The van der Waals surface area contributed by atoms with Crippen molar-refractivity contribution in [2.75, 3.05) is 18.8 Å². The highest BCUT2D eigenvalue weighted by Crippen LogP contribution is 2.19. The van der Waals surface area contributed by atoms with Crippen molar-refractivity contribution >= 4 is 17.7 Å². The fraction of sp³-hybridized carbons (Fsp3) is 0.917. The summed E-state index contributed by atoms with van der Waals surface area (Å²) in [6.07, 6.45) is 7.48. The maximum absolute atomic E-state index is 11.7. The zero-order valence-electron chi connectivity index (χ0n) is 9.84. The number of hydrogen-bond donors (Lipinski definition) is 2. The average molecular weight is 242 g/mol. The normalized spacial score (nSPS) is 26.9. The maximum Gasteiger partial charge on any atom is 0.230 e. The van der Waals surface area contributed by atoms with Crippen molar-refractivity contribution in [1.29, 1.82) is 0 Å². The highest BCUT2D eigenvalue weighted by molar-refractivity contribution is 8.00. The molecule has 2 rings (SSSR count). The summed E-state index contributed by atoms with van der Waals surface area (Å²) in [7, 11) is 0. The van der Waals surface area contributed by atoms with Gasteiger partial charge in [0.2, 0.25) is 5.91 Å². The Bertz CT molecular complexity index is 223. The Morgan fingerprint density at radius 3 is 2.75 bits per heavy atom. The van der Waals surface area contributed by atoms with E-state index in [0.717, 1.165) is 13.1 Å². The van der Waals surface area contributed by atoms with Gasteiger partial charge in [-0.15, -0.1) is 11.8 Å². The molecule has 1 atom stereocenters. The minimum atomic E-state index is 0.240. The lowest BCUT2D eigenvalue weighted by Gasteiger charge is -2.22. The third-order valence-electron chi connectivity index (χ3n) is 3.44. The zero-order valence-corrected chi connectivity index (χ0v) is 10.7. The van der Waals surface area contributed by atoms with Crippen molar-refractivity contribution in [2.45, 2.75) is 49.8 Å². The third-order valence-corrected chi connectivity index (χ3v) is 4.74. The summed E-state index contributed by atoms with van der Waals surface area (Å²) in [5, 5.41) is 7.14. The third kappa shape index (κ3) is 3.98. The van der Waals surface area contributed by atoms with Gasteiger partial charge in [-0.2, -0.15) is 0 Å². The van der Waals surface area contributed by atoms with Gasteiger partial charge in [-0.25, -0.2) is 0 Å². The van der Waals surface area contributed by atoms with E-state index in [0.29, 0.717) is 17.0 Å². The molecule has 2 aliphatic rings. The van der Waals surface area contributed by atoms with Gasteiger partial charge in [-0.05, 0) is 25.8 Å². The van der Waals surface area contributed by atoms with Crippen molar-refractivity contribution in [2.24, 2.45) is 0 Å². The summed E-state index contributed by atoms with van der Waals surface area (Å²) >= 11 is 1.81. The van der Waals surface area contributed by atoms with Crippen LogP contribution in [0.25, 0.3) is 0 Å². The molecule has 2 fully saturated rings. The molecule has 0 spiro atoms. The van der Waals surface area contributed by atoms with Gasteiger partial charge in [0.25, 0.3) is 0 Å². The first-order valence-corrected chi connectivity index (χ1v) is 7.51. The Balaban J connectivity index is 1.59. The van der Waals surface area contributed by atoms with Gasteiger partial charge < -0.3 is 10.6 Å². The number of nitrogens with one attached hydrogen (secondary N) is 2. The summed E-state index contributed by atoms with van der Waals surface area (Å²) in [4.78, 5) is 11.7. The Morgan fingerprint density at radius 1 is 1.25 bits per heavy atom. The Morgan fingerprint density at radius 2 is 2.06 bits per heavy atom. The molecule has 1 amide bonds. The van der Waals surface area contributed by atoms with E-state index in [4.69, 9.17) is 0 Å². The first-order chi connectivity index (χ1) is 7.84. The molecule has 0 aromatic rings. The fourth-order valence-corrected chi connectivity index (χ4v) is 3.47. The Labute approximate surface area is 102 Å². The van der Waals surface area contributed by atoms with E-state index in [9.17, 15) is 4.79 Å². The largest absolute Gasteiger partial charge is 0.353 e. The van der Waals surface area contributed by atoms with Gasteiger partial charge in [-0.1, -0.05) is 19.3 Å². The Hall–Kier alpha value is -0.220. The molecule has 0 aromatic carbocycles. The van der Waals surface area contributed by atoms with E-state index in [1.54, 1.807) is 11.8 Å². The highest BCUT2D eigenvalue weighted by Gasteiger charge is 2.18. The van der Waals surface area contributed by atoms with Crippen LogP contribution in [-0.4, -0.2) is 36.0 Å². The Kier molecular flexibility index (Phi) is 4.97. The molecule has 0 aromatic heterocycles. The molecule has 1 unspecified atom stereocenters. The van der Waals surface area contributed by atoms with E-state index in [2.05, 4.69) is 10.6 Å². The van der Waals surface area contributed by atoms with E-state index in [1.807, 2.05) is 0 Å². The van der Waals surface area contributed by atoms with Crippen LogP contribution < -0.4 is 10.6 Å². The van der Waals surface area contributed by atoms with Crippen molar-refractivity contribution in [1.82, 2.24) is 10.6 Å². The predicted molar refractivity (Wildman–Crippen MR) is 68.7 cm³/mol. The molecular weight excluding hydrogens is 220 g/mol. The lowest BCUT2D eigenvalue weighted by atomic mass is 9.95. The molecule has 92 valence electrons. The van der Waals surface area contributed by atoms with Crippen LogP contribution in [0, 0.1) is 0 Å². The average Bonchev–Trinajstić information content (AvgIpc) is 2.81. The molecule has 1 saturated carbocycles. The number of rotatable bonds is 4. The number of hydrogen-bond acceptors (Lipinski definition) is 3. The number of carbonyl (C=O) groups is 1. The SMILES string of the molecule is O=C(CSC1CCNC1)NC1CCCCC1. The van der Waals surface area contributed by atoms with Crippen LogP contribution in [0.1, 0.15) is 38.5 Å². The van der Waals surface area contributed by atoms with Gasteiger partial charge in [0.15, 0.2) is 0 Å². The molecule has 0 bridgehead atoms. The van der Waals surface area contributed by atoms with Crippen LogP contribution in [0.15, 0.2) is 0 Å². The standard InChI is InChI=1S/C12H22N2OS/c15-12(9-16-11-6-7-13-8-11)14-10-4-2-1-3-5-10/h10-11,13H,1-9H2,(H,14,15).